The molecule has 0 aliphatic heterocycles. The Morgan fingerprint density at radius 1 is 1.30 bits per heavy atom. The van der Waals surface area contributed by atoms with Gasteiger partial charge in [0.15, 0.2) is 5.78 Å². The van der Waals surface area contributed by atoms with Crippen LogP contribution in [0.5, 0.6) is 0 Å². The molecule has 0 saturated heterocycles. The Bertz CT molecular complexity index is 494. The molecule has 2 aliphatic rings. The van der Waals surface area contributed by atoms with Crippen molar-refractivity contribution in [1.29, 1.82) is 0 Å². The fourth-order valence-corrected chi connectivity index (χ4v) is 3.06. The molecule has 0 spiro atoms. The first kappa shape index (κ1) is 13.8. The minimum Gasteiger partial charge on any atom is -0.383 e. The molecule has 3 nitrogen and oxygen atoms in total. The summed E-state index contributed by atoms with van der Waals surface area (Å²) in [5.41, 5.74) is 3.69. The highest BCUT2D eigenvalue weighted by atomic mass is 16.5. The number of carbonyl (C=O) groups is 1. The lowest BCUT2D eigenvalue weighted by Gasteiger charge is -2.20. The van der Waals surface area contributed by atoms with E-state index in [9.17, 15) is 4.79 Å². The molecule has 3 rings (SSSR count). The van der Waals surface area contributed by atoms with E-state index in [0.717, 1.165) is 18.5 Å². The van der Waals surface area contributed by atoms with E-state index in [4.69, 9.17) is 4.74 Å². The van der Waals surface area contributed by atoms with Crippen molar-refractivity contribution >= 4 is 5.78 Å². The maximum absolute atomic E-state index is 12.5. The largest absolute Gasteiger partial charge is 0.383 e. The van der Waals surface area contributed by atoms with Crippen molar-refractivity contribution in [1.82, 2.24) is 4.90 Å². The molecule has 0 bridgehead atoms. The van der Waals surface area contributed by atoms with Crippen LogP contribution in [0.25, 0.3) is 0 Å². The summed E-state index contributed by atoms with van der Waals surface area (Å²) in [7, 11) is 1.72. The van der Waals surface area contributed by atoms with Gasteiger partial charge < -0.3 is 4.74 Å². The van der Waals surface area contributed by atoms with Crippen LogP contribution in [0.3, 0.4) is 0 Å². The second kappa shape index (κ2) is 6.06. The van der Waals surface area contributed by atoms with Crippen LogP contribution in [0.1, 0.15) is 40.7 Å². The number of ether oxygens (including phenoxy) is 1. The summed E-state index contributed by atoms with van der Waals surface area (Å²) in [6.07, 6.45) is 5.98. The Morgan fingerprint density at radius 2 is 2.10 bits per heavy atom. The molecule has 0 heterocycles. The van der Waals surface area contributed by atoms with Gasteiger partial charge in [0.2, 0.25) is 0 Å². The van der Waals surface area contributed by atoms with Gasteiger partial charge in [0.1, 0.15) is 0 Å². The molecule has 1 saturated carbocycles. The van der Waals surface area contributed by atoms with Crippen molar-refractivity contribution in [3.8, 4) is 0 Å². The Balaban J connectivity index is 1.65. The second-order valence-corrected chi connectivity index (χ2v) is 5.95. The third-order valence-electron chi connectivity index (χ3n) is 4.41. The van der Waals surface area contributed by atoms with E-state index in [1.807, 2.05) is 6.07 Å². The van der Waals surface area contributed by atoms with E-state index in [1.54, 1.807) is 7.11 Å². The van der Waals surface area contributed by atoms with Crippen molar-refractivity contribution in [2.24, 2.45) is 0 Å². The number of hydrogen-bond acceptors (Lipinski definition) is 3. The molecule has 0 aromatic heterocycles. The van der Waals surface area contributed by atoms with E-state index in [0.29, 0.717) is 19.2 Å². The lowest BCUT2D eigenvalue weighted by molar-refractivity contribution is 0.0885. The molecule has 0 radical (unpaired) electrons. The van der Waals surface area contributed by atoms with E-state index >= 15 is 0 Å². The molecule has 1 aromatic carbocycles. The highest BCUT2D eigenvalue weighted by Gasteiger charge is 2.30. The zero-order chi connectivity index (χ0) is 13.9. The van der Waals surface area contributed by atoms with Crippen LogP contribution < -0.4 is 0 Å². The van der Waals surface area contributed by atoms with Gasteiger partial charge in [-0.1, -0.05) is 12.1 Å². The van der Waals surface area contributed by atoms with Gasteiger partial charge >= 0.3 is 0 Å². The average molecular weight is 273 g/mol. The quantitative estimate of drug-likeness (QED) is 0.715. The first-order valence-electron chi connectivity index (χ1n) is 7.66. The summed E-state index contributed by atoms with van der Waals surface area (Å²) in [6.45, 7) is 2.10. The van der Waals surface area contributed by atoms with Crippen molar-refractivity contribution in [2.45, 2.75) is 38.1 Å². The number of nitrogens with zero attached hydrogens (tertiary/aromatic N) is 1. The molecular formula is C17H23NO2. The molecule has 0 N–H and O–H groups in total. The fourth-order valence-electron chi connectivity index (χ4n) is 3.06. The van der Waals surface area contributed by atoms with E-state index in [2.05, 4.69) is 17.0 Å². The van der Waals surface area contributed by atoms with Crippen LogP contribution in [0.4, 0.5) is 0 Å². The Labute approximate surface area is 120 Å². The van der Waals surface area contributed by atoms with Gasteiger partial charge in [-0.25, -0.2) is 0 Å². The van der Waals surface area contributed by atoms with Crippen LogP contribution >= 0.6 is 0 Å². The van der Waals surface area contributed by atoms with Crippen LogP contribution in [-0.4, -0.2) is 43.5 Å². The zero-order valence-corrected chi connectivity index (χ0v) is 12.2. The smallest absolute Gasteiger partial charge is 0.176 e. The van der Waals surface area contributed by atoms with Gasteiger partial charge in [0.25, 0.3) is 0 Å². The zero-order valence-electron chi connectivity index (χ0n) is 12.2. The monoisotopic (exact) mass is 273 g/mol. The molecule has 3 heteroatoms. The molecule has 20 heavy (non-hydrogen) atoms. The lowest BCUT2D eigenvalue weighted by atomic mass is 10.0. The number of rotatable bonds is 7. The molecule has 1 aromatic rings. The molecule has 2 aliphatic carbocycles. The number of hydrogen-bond donors (Lipinski definition) is 0. The van der Waals surface area contributed by atoms with Crippen molar-refractivity contribution in [2.75, 3.05) is 26.8 Å². The SMILES string of the molecule is COCCN(CC(=O)c1ccc2c(c1)CCC2)C1CC1. The van der Waals surface area contributed by atoms with Crippen LogP contribution in [0, 0.1) is 0 Å². The van der Waals surface area contributed by atoms with E-state index in [1.165, 1.54) is 36.8 Å². The molecule has 1 fully saturated rings. The third kappa shape index (κ3) is 3.10. The van der Waals surface area contributed by atoms with Gasteiger partial charge in [-0.2, -0.15) is 0 Å². The molecular weight excluding hydrogens is 250 g/mol. The topological polar surface area (TPSA) is 29.5 Å². The number of Topliss-reactive ketones (excluding diaryl/α,β-unsaturated/α-hetero) is 1. The van der Waals surface area contributed by atoms with E-state index < -0.39 is 0 Å². The Kier molecular flexibility index (Phi) is 4.18. The predicted molar refractivity (Wildman–Crippen MR) is 79.3 cm³/mol. The summed E-state index contributed by atoms with van der Waals surface area (Å²) in [5, 5.41) is 0. The number of ketones is 1. The van der Waals surface area contributed by atoms with E-state index in [-0.39, 0.29) is 5.78 Å². The maximum Gasteiger partial charge on any atom is 0.176 e. The van der Waals surface area contributed by atoms with Gasteiger partial charge in [0, 0.05) is 25.3 Å². The standard InChI is InChI=1S/C17H23NO2/c1-20-10-9-18(16-7-8-16)12-17(19)15-6-5-13-3-2-4-14(13)11-15/h5-6,11,16H,2-4,7-10,12H2,1H3. The Hall–Kier alpha value is -1.19. The van der Waals surface area contributed by atoms with Gasteiger partial charge in [-0.3, -0.25) is 9.69 Å². The second-order valence-electron chi connectivity index (χ2n) is 5.95. The van der Waals surface area contributed by atoms with Crippen molar-refractivity contribution in [3.05, 3.63) is 34.9 Å². The summed E-state index contributed by atoms with van der Waals surface area (Å²) >= 11 is 0. The number of aryl methyl sites for hydroxylation is 2. The highest BCUT2D eigenvalue weighted by molar-refractivity contribution is 5.98. The summed E-state index contributed by atoms with van der Waals surface area (Å²) < 4.78 is 5.15. The van der Waals surface area contributed by atoms with Gasteiger partial charge in [-0.15, -0.1) is 0 Å². The predicted octanol–water partition coefficient (Wildman–Crippen LogP) is 2.47. The Morgan fingerprint density at radius 3 is 2.85 bits per heavy atom. The van der Waals surface area contributed by atoms with Gasteiger partial charge in [-0.05, 0) is 49.3 Å². The minimum atomic E-state index is 0.253. The van der Waals surface area contributed by atoms with Crippen molar-refractivity contribution < 1.29 is 9.53 Å². The fraction of sp³-hybridized carbons (Fsp3) is 0.588. The lowest BCUT2D eigenvalue weighted by Crippen LogP contribution is -2.34. The highest BCUT2D eigenvalue weighted by Crippen LogP contribution is 2.27. The number of methoxy groups -OCH3 is 1. The summed E-state index contributed by atoms with van der Waals surface area (Å²) in [6, 6.07) is 6.87. The minimum absolute atomic E-state index is 0.253. The molecule has 0 atom stereocenters. The molecule has 0 amide bonds. The first-order valence-corrected chi connectivity index (χ1v) is 7.66. The molecule has 108 valence electrons. The van der Waals surface area contributed by atoms with Crippen LogP contribution in [0.2, 0.25) is 0 Å². The summed E-state index contributed by atoms with van der Waals surface area (Å²) in [4.78, 5) is 14.7. The van der Waals surface area contributed by atoms with Crippen LogP contribution in [-0.2, 0) is 17.6 Å². The first-order chi connectivity index (χ1) is 9.78. The number of carbonyl (C=O) groups excluding carboxylic acids is 1. The third-order valence-corrected chi connectivity index (χ3v) is 4.41. The maximum atomic E-state index is 12.5. The average Bonchev–Trinajstić information content (AvgIpc) is 3.20. The normalized spacial score (nSPS) is 17.5. The molecule has 0 unspecified atom stereocenters. The number of benzene rings is 1. The van der Waals surface area contributed by atoms with Gasteiger partial charge in [0.05, 0.1) is 13.2 Å². The van der Waals surface area contributed by atoms with Crippen LogP contribution in [0.15, 0.2) is 18.2 Å². The summed E-state index contributed by atoms with van der Waals surface area (Å²) in [5.74, 6) is 0.253. The number of fused-ring (bicyclic) bond motifs is 1. The van der Waals surface area contributed by atoms with Crippen molar-refractivity contribution in [3.63, 3.8) is 0 Å².